The highest BCUT2D eigenvalue weighted by Crippen LogP contribution is 2.13. The molecule has 1 saturated heterocycles. The van der Waals surface area contributed by atoms with Gasteiger partial charge in [0, 0.05) is 31.2 Å². The fourth-order valence-corrected chi connectivity index (χ4v) is 3.48. The largest absolute Gasteiger partial charge is 0.379 e. The zero-order valence-electron chi connectivity index (χ0n) is 17.8. The lowest BCUT2D eigenvalue weighted by Gasteiger charge is -2.37. The van der Waals surface area contributed by atoms with Gasteiger partial charge in [0.2, 0.25) is 5.91 Å². The van der Waals surface area contributed by atoms with Crippen LogP contribution in [0.1, 0.15) is 43.6 Å². The van der Waals surface area contributed by atoms with Crippen LogP contribution >= 0.6 is 0 Å². The van der Waals surface area contributed by atoms with Crippen molar-refractivity contribution in [2.45, 2.75) is 46.7 Å². The SMILES string of the molecule is Cc1ccc(C(=O)NC(C(=O)NCC(C(C)C)N2CCOCC2)C(C)C)cc1. The van der Waals surface area contributed by atoms with Gasteiger partial charge >= 0.3 is 0 Å². The number of ether oxygens (including phenoxy) is 1. The summed E-state index contributed by atoms with van der Waals surface area (Å²) in [7, 11) is 0. The summed E-state index contributed by atoms with van der Waals surface area (Å²) in [4.78, 5) is 27.8. The van der Waals surface area contributed by atoms with Crippen LogP contribution in [0.15, 0.2) is 24.3 Å². The van der Waals surface area contributed by atoms with Gasteiger partial charge in [-0.2, -0.15) is 0 Å². The van der Waals surface area contributed by atoms with Gasteiger partial charge in [0.1, 0.15) is 6.04 Å². The number of rotatable bonds is 8. The predicted molar refractivity (Wildman–Crippen MR) is 111 cm³/mol. The Bertz CT molecular complexity index is 637. The topological polar surface area (TPSA) is 70.7 Å². The van der Waals surface area contributed by atoms with E-state index in [2.05, 4.69) is 29.4 Å². The molecule has 6 heteroatoms. The molecule has 0 aromatic heterocycles. The second-order valence-corrected chi connectivity index (χ2v) is 8.27. The van der Waals surface area contributed by atoms with Crippen LogP contribution in [0.2, 0.25) is 0 Å². The smallest absolute Gasteiger partial charge is 0.251 e. The van der Waals surface area contributed by atoms with Crippen molar-refractivity contribution in [3.05, 3.63) is 35.4 Å². The van der Waals surface area contributed by atoms with E-state index in [1.165, 1.54) is 0 Å². The molecule has 1 aliphatic heterocycles. The highest BCUT2D eigenvalue weighted by atomic mass is 16.5. The number of carbonyl (C=O) groups is 2. The Morgan fingerprint density at radius 1 is 1.04 bits per heavy atom. The van der Waals surface area contributed by atoms with Gasteiger partial charge < -0.3 is 15.4 Å². The standard InChI is InChI=1S/C22H35N3O3/c1-15(2)19(25-10-12-28-13-11-25)14-23-22(27)20(16(3)4)24-21(26)18-8-6-17(5)7-9-18/h6-9,15-16,19-20H,10-14H2,1-5H3,(H,23,27)(H,24,26). The molecule has 2 unspecified atom stereocenters. The maximum atomic E-state index is 12.8. The van der Waals surface area contributed by atoms with Gasteiger partial charge in [0.15, 0.2) is 0 Å². The first kappa shape index (κ1) is 22.4. The second-order valence-electron chi connectivity index (χ2n) is 8.27. The molecular formula is C22H35N3O3. The molecule has 0 bridgehead atoms. The minimum atomic E-state index is -0.564. The molecule has 2 amide bonds. The second kappa shape index (κ2) is 10.6. The van der Waals surface area contributed by atoms with E-state index in [1.807, 2.05) is 32.9 Å². The molecular weight excluding hydrogens is 354 g/mol. The highest BCUT2D eigenvalue weighted by molar-refractivity contribution is 5.97. The molecule has 0 radical (unpaired) electrons. The molecule has 0 spiro atoms. The number of amides is 2. The van der Waals surface area contributed by atoms with Gasteiger partial charge in [-0.1, -0.05) is 45.4 Å². The van der Waals surface area contributed by atoms with Crippen molar-refractivity contribution in [3.63, 3.8) is 0 Å². The van der Waals surface area contributed by atoms with Crippen LogP contribution in [-0.4, -0.2) is 61.6 Å². The van der Waals surface area contributed by atoms with Crippen molar-refractivity contribution >= 4 is 11.8 Å². The number of hydrogen-bond acceptors (Lipinski definition) is 4. The van der Waals surface area contributed by atoms with Gasteiger partial charge in [-0.05, 0) is 30.9 Å². The molecule has 2 rings (SSSR count). The number of aryl methyl sites for hydroxylation is 1. The van der Waals surface area contributed by atoms with Crippen molar-refractivity contribution in [3.8, 4) is 0 Å². The Kier molecular flexibility index (Phi) is 8.45. The molecule has 2 N–H and O–H groups in total. The molecule has 1 heterocycles. The van der Waals surface area contributed by atoms with E-state index in [0.29, 0.717) is 18.0 Å². The summed E-state index contributed by atoms with van der Waals surface area (Å²) in [5.41, 5.74) is 1.66. The minimum Gasteiger partial charge on any atom is -0.379 e. The van der Waals surface area contributed by atoms with Crippen LogP contribution in [0.5, 0.6) is 0 Å². The first-order chi connectivity index (χ1) is 13.3. The van der Waals surface area contributed by atoms with Crippen molar-refractivity contribution < 1.29 is 14.3 Å². The quantitative estimate of drug-likeness (QED) is 0.715. The van der Waals surface area contributed by atoms with Gasteiger partial charge in [-0.3, -0.25) is 14.5 Å². The summed E-state index contributed by atoms with van der Waals surface area (Å²) < 4.78 is 5.44. The Labute approximate surface area is 169 Å². The molecule has 1 aromatic carbocycles. The summed E-state index contributed by atoms with van der Waals surface area (Å²) >= 11 is 0. The van der Waals surface area contributed by atoms with Crippen LogP contribution in [0.25, 0.3) is 0 Å². The Hall–Kier alpha value is -1.92. The average molecular weight is 390 g/mol. The van der Waals surface area contributed by atoms with Crippen LogP contribution in [-0.2, 0) is 9.53 Å². The van der Waals surface area contributed by atoms with Crippen molar-refractivity contribution in [1.82, 2.24) is 15.5 Å². The maximum absolute atomic E-state index is 12.8. The fourth-order valence-electron chi connectivity index (χ4n) is 3.48. The zero-order chi connectivity index (χ0) is 20.7. The zero-order valence-corrected chi connectivity index (χ0v) is 17.8. The Morgan fingerprint density at radius 3 is 2.18 bits per heavy atom. The number of nitrogens with zero attached hydrogens (tertiary/aromatic N) is 1. The van der Waals surface area contributed by atoms with Crippen LogP contribution < -0.4 is 10.6 Å². The summed E-state index contributed by atoms with van der Waals surface area (Å²) in [6.07, 6.45) is 0. The van der Waals surface area contributed by atoms with E-state index in [4.69, 9.17) is 4.74 Å². The predicted octanol–water partition coefficient (Wildman–Crippen LogP) is 2.22. The monoisotopic (exact) mass is 389 g/mol. The first-order valence-electron chi connectivity index (χ1n) is 10.3. The lowest BCUT2D eigenvalue weighted by Crippen LogP contribution is -2.55. The number of hydrogen-bond donors (Lipinski definition) is 2. The van der Waals surface area contributed by atoms with E-state index >= 15 is 0 Å². The molecule has 156 valence electrons. The number of carbonyl (C=O) groups excluding carboxylic acids is 2. The molecule has 6 nitrogen and oxygen atoms in total. The average Bonchev–Trinajstić information content (AvgIpc) is 2.66. The summed E-state index contributed by atoms with van der Waals surface area (Å²) in [6, 6.07) is 7.06. The van der Waals surface area contributed by atoms with Gasteiger partial charge in [0.25, 0.3) is 5.91 Å². The first-order valence-corrected chi connectivity index (χ1v) is 10.3. The molecule has 2 atom stereocenters. The summed E-state index contributed by atoms with van der Waals surface area (Å²) in [5, 5.41) is 5.97. The molecule has 0 saturated carbocycles. The minimum absolute atomic E-state index is 0.00437. The number of benzene rings is 1. The van der Waals surface area contributed by atoms with E-state index in [0.717, 1.165) is 31.9 Å². The Morgan fingerprint density at radius 2 is 1.64 bits per heavy atom. The van der Waals surface area contributed by atoms with Crippen LogP contribution in [0.3, 0.4) is 0 Å². The lowest BCUT2D eigenvalue weighted by atomic mass is 10.00. The van der Waals surface area contributed by atoms with Crippen molar-refractivity contribution in [2.24, 2.45) is 11.8 Å². The fraction of sp³-hybridized carbons (Fsp3) is 0.636. The Balaban J connectivity index is 1.97. The summed E-state index contributed by atoms with van der Waals surface area (Å²) in [5.74, 6) is 0.0603. The van der Waals surface area contributed by atoms with E-state index < -0.39 is 6.04 Å². The number of nitrogens with one attached hydrogen (secondary N) is 2. The highest BCUT2D eigenvalue weighted by Gasteiger charge is 2.28. The lowest BCUT2D eigenvalue weighted by molar-refractivity contribution is -0.124. The third kappa shape index (κ3) is 6.31. The maximum Gasteiger partial charge on any atom is 0.251 e. The summed E-state index contributed by atoms with van der Waals surface area (Å²) in [6.45, 7) is 14.0. The molecule has 28 heavy (non-hydrogen) atoms. The van der Waals surface area contributed by atoms with Crippen molar-refractivity contribution in [2.75, 3.05) is 32.8 Å². The number of morpholine rings is 1. The normalized spacial score (nSPS) is 17.4. The van der Waals surface area contributed by atoms with E-state index in [9.17, 15) is 9.59 Å². The van der Waals surface area contributed by atoms with Gasteiger partial charge in [0.05, 0.1) is 13.2 Å². The van der Waals surface area contributed by atoms with Gasteiger partial charge in [-0.15, -0.1) is 0 Å². The van der Waals surface area contributed by atoms with E-state index in [1.54, 1.807) is 12.1 Å². The molecule has 1 aromatic rings. The van der Waals surface area contributed by atoms with E-state index in [-0.39, 0.29) is 23.8 Å². The van der Waals surface area contributed by atoms with Crippen LogP contribution in [0.4, 0.5) is 0 Å². The third-order valence-electron chi connectivity index (χ3n) is 5.32. The van der Waals surface area contributed by atoms with Crippen molar-refractivity contribution in [1.29, 1.82) is 0 Å². The molecule has 1 aliphatic rings. The van der Waals surface area contributed by atoms with Gasteiger partial charge in [-0.25, -0.2) is 0 Å². The third-order valence-corrected chi connectivity index (χ3v) is 5.32. The molecule has 1 fully saturated rings. The van der Waals surface area contributed by atoms with Crippen LogP contribution in [0, 0.1) is 18.8 Å². The molecule has 0 aliphatic carbocycles.